The maximum Gasteiger partial charge on any atom is 0.341 e. The van der Waals surface area contributed by atoms with E-state index in [4.69, 9.17) is 14.6 Å². The number of fused-ring (bicyclic) bond motifs is 1. The third kappa shape index (κ3) is 4.52. The minimum absolute atomic E-state index is 0.189. The quantitative estimate of drug-likeness (QED) is 0.503. The summed E-state index contributed by atoms with van der Waals surface area (Å²) in [5.41, 5.74) is 1.35. The highest BCUT2D eigenvalue weighted by Crippen LogP contribution is 2.28. The van der Waals surface area contributed by atoms with Gasteiger partial charge in [-0.05, 0) is 46.7 Å². The molecule has 27 heavy (non-hydrogen) atoms. The summed E-state index contributed by atoms with van der Waals surface area (Å²) in [6.45, 7) is -0.481. The maximum atomic E-state index is 12.4. The van der Waals surface area contributed by atoms with Crippen LogP contribution in [0, 0.1) is 0 Å². The Morgan fingerprint density at radius 3 is 2.48 bits per heavy atom. The molecule has 5 heteroatoms. The lowest BCUT2D eigenvalue weighted by molar-refractivity contribution is -0.139. The van der Waals surface area contributed by atoms with Crippen LogP contribution in [0.25, 0.3) is 16.8 Å². The van der Waals surface area contributed by atoms with E-state index in [1.807, 2.05) is 42.5 Å². The minimum Gasteiger partial charge on any atom is -0.493 e. The first-order chi connectivity index (χ1) is 13.1. The van der Waals surface area contributed by atoms with E-state index < -0.39 is 12.6 Å². The Kier molecular flexibility index (Phi) is 5.52. The number of aliphatic carboxylic acids is 1. The van der Waals surface area contributed by atoms with E-state index in [9.17, 15) is 9.59 Å². The molecule has 0 radical (unpaired) electrons. The molecule has 0 bridgehead atoms. The van der Waals surface area contributed by atoms with Crippen molar-refractivity contribution in [1.82, 2.24) is 0 Å². The number of hydrogen-bond acceptors (Lipinski definition) is 4. The Morgan fingerprint density at radius 2 is 1.74 bits per heavy atom. The molecule has 5 nitrogen and oxygen atoms in total. The second kappa shape index (κ2) is 8.19. The number of carboxylic acids is 1. The predicted octanol–water partition coefficient (Wildman–Crippen LogP) is 4.21. The molecule has 0 aliphatic heterocycles. The zero-order chi connectivity index (χ0) is 19.2. The van der Waals surface area contributed by atoms with Gasteiger partial charge in [0.1, 0.15) is 0 Å². The third-order valence-electron chi connectivity index (χ3n) is 4.00. The number of carbonyl (C=O) groups excluding carboxylic acids is 1. The third-order valence-corrected chi connectivity index (χ3v) is 4.00. The van der Waals surface area contributed by atoms with E-state index in [2.05, 4.69) is 0 Å². The van der Waals surface area contributed by atoms with Crippen molar-refractivity contribution in [3.63, 3.8) is 0 Å². The number of hydrogen-bond donors (Lipinski definition) is 1. The van der Waals surface area contributed by atoms with Crippen molar-refractivity contribution in [2.75, 3.05) is 13.7 Å². The summed E-state index contributed by atoms with van der Waals surface area (Å²) in [4.78, 5) is 23.1. The largest absolute Gasteiger partial charge is 0.493 e. The predicted molar refractivity (Wildman–Crippen MR) is 103 cm³/mol. The molecule has 0 amide bonds. The topological polar surface area (TPSA) is 72.8 Å². The molecular formula is C22H18O5. The highest BCUT2D eigenvalue weighted by Gasteiger charge is 2.10. The van der Waals surface area contributed by atoms with Gasteiger partial charge in [-0.3, -0.25) is 4.79 Å². The van der Waals surface area contributed by atoms with Gasteiger partial charge in [0.25, 0.3) is 0 Å². The van der Waals surface area contributed by atoms with Gasteiger partial charge < -0.3 is 14.6 Å². The van der Waals surface area contributed by atoms with Crippen LogP contribution in [0.15, 0.2) is 66.7 Å². The zero-order valence-electron chi connectivity index (χ0n) is 14.7. The van der Waals surface area contributed by atoms with Crippen molar-refractivity contribution in [2.45, 2.75) is 0 Å². The Hall–Kier alpha value is -3.60. The first-order valence-corrected chi connectivity index (χ1v) is 8.30. The maximum absolute atomic E-state index is 12.4. The summed E-state index contributed by atoms with van der Waals surface area (Å²) in [7, 11) is 1.43. The standard InChI is InChI=1S/C22H18O5/c1-26-21-13-18(9-11-20(21)27-14-22(24)25)19(23)10-7-15-6-8-16-4-2-3-5-17(16)12-15/h2-13H,14H2,1H3,(H,24,25)/b10-7+. The second-order valence-electron chi connectivity index (χ2n) is 5.85. The van der Waals surface area contributed by atoms with Crippen LogP contribution in [-0.4, -0.2) is 30.6 Å². The number of benzene rings is 3. The molecule has 0 unspecified atom stereocenters. The van der Waals surface area contributed by atoms with Gasteiger partial charge in [0, 0.05) is 5.56 Å². The van der Waals surface area contributed by atoms with Gasteiger partial charge in [-0.15, -0.1) is 0 Å². The van der Waals surface area contributed by atoms with Crippen LogP contribution in [0.1, 0.15) is 15.9 Å². The number of carboxylic acid groups (broad SMARTS) is 1. The van der Waals surface area contributed by atoms with Crippen molar-refractivity contribution < 1.29 is 24.2 Å². The molecule has 0 aliphatic carbocycles. The van der Waals surface area contributed by atoms with Crippen LogP contribution in [0.3, 0.4) is 0 Å². The Bertz CT molecular complexity index is 1020. The van der Waals surface area contributed by atoms with E-state index in [-0.39, 0.29) is 11.5 Å². The Balaban J connectivity index is 1.78. The first-order valence-electron chi connectivity index (χ1n) is 8.30. The molecule has 0 saturated heterocycles. The van der Waals surface area contributed by atoms with Crippen LogP contribution < -0.4 is 9.47 Å². The smallest absolute Gasteiger partial charge is 0.341 e. The number of carbonyl (C=O) groups is 2. The van der Waals surface area contributed by atoms with Crippen LogP contribution in [0.4, 0.5) is 0 Å². The average molecular weight is 362 g/mol. The molecule has 0 fully saturated rings. The fourth-order valence-corrected chi connectivity index (χ4v) is 2.66. The fraction of sp³-hybridized carbons (Fsp3) is 0.0909. The first kappa shape index (κ1) is 18.2. The summed E-state index contributed by atoms with van der Waals surface area (Å²) in [5.74, 6) is -0.696. The summed E-state index contributed by atoms with van der Waals surface area (Å²) in [6.07, 6.45) is 3.26. The van der Waals surface area contributed by atoms with Crippen LogP contribution in [0.2, 0.25) is 0 Å². The molecular weight excluding hydrogens is 344 g/mol. The normalized spacial score (nSPS) is 10.9. The molecule has 0 heterocycles. The Labute approximate surface area is 156 Å². The highest BCUT2D eigenvalue weighted by atomic mass is 16.5. The number of allylic oxidation sites excluding steroid dienone is 1. The SMILES string of the molecule is COc1cc(C(=O)/C=C/c2ccc3ccccc3c2)ccc1OCC(=O)O. The summed E-state index contributed by atoms with van der Waals surface area (Å²) < 4.78 is 10.3. The molecule has 3 aromatic carbocycles. The number of ether oxygens (including phenoxy) is 2. The number of rotatable bonds is 7. The van der Waals surface area contributed by atoms with Crippen LogP contribution in [-0.2, 0) is 4.79 Å². The molecule has 1 N–H and O–H groups in total. The van der Waals surface area contributed by atoms with Crippen molar-refractivity contribution >= 4 is 28.6 Å². The lowest BCUT2D eigenvalue weighted by Crippen LogP contribution is -2.10. The second-order valence-corrected chi connectivity index (χ2v) is 5.85. The summed E-state index contributed by atoms with van der Waals surface area (Å²) in [6, 6.07) is 18.6. The van der Waals surface area contributed by atoms with E-state index in [1.165, 1.54) is 25.3 Å². The molecule has 0 atom stereocenters. The molecule has 3 rings (SSSR count). The van der Waals surface area contributed by atoms with E-state index >= 15 is 0 Å². The molecule has 0 spiro atoms. The average Bonchev–Trinajstić information content (AvgIpc) is 2.70. The summed E-state index contributed by atoms with van der Waals surface area (Å²) in [5, 5.41) is 10.9. The van der Waals surface area contributed by atoms with Crippen molar-refractivity contribution in [3.05, 3.63) is 77.9 Å². The van der Waals surface area contributed by atoms with Gasteiger partial charge in [0.2, 0.25) is 0 Å². The molecule has 0 aromatic heterocycles. The lowest BCUT2D eigenvalue weighted by atomic mass is 10.1. The van der Waals surface area contributed by atoms with Gasteiger partial charge in [-0.25, -0.2) is 4.79 Å². The molecule has 0 saturated carbocycles. The van der Waals surface area contributed by atoms with E-state index in [0.717, 1.165) is 16.3 Å². The van der Waals surface area contributed by atoms with Crippen molar-refractivity contribution in [2.24, 2.45) is 0 Å². The van der Waals surface area contributed by atoms with Crippen LogP contribution in [0.5, 0.6) is 11.5 Å². The van der Waals surface area contributed by atoms with Gasteiger partial charge in [0.15, 0.2) is 23.9 Å². The van der Waals surface area contributed by atoms with Crippen LogP contribution >= 0.6 is 0 Å². The number of ketones is 1. The van der Waals surface area contributed by atoms with Crippen molar-refractivity contribution in [3.8, 4) is 11.5 Å². The van der Waals surface area contributed by atoms with E-state index in [0.29, 0.717) is 11.3 Å². The molecule has 0 aliphatic rings. The van der Waals surface area contributed by atoms with Gasteiger partial charge in [-0.2, -0.15) is 0 Å². The van der Waals surface area contributed by atoms with Crippen molar-refractivity contribution in [1.29, 1.82) is 0 Å². The fourth-order valence-electron chi connectivity index (χ4n) is 2.66. The summed E-state index contributed by atoms with van der Waals surface area (Å²) >= 11 is 0. The number of methoxy groups -OCH3 is 1. The van der Waals surface area contributed by atoms with Gasteiger partial charge >= 0.3 is 5.97 Å². The monoisotopic (exact) mass is 362 g/mol. The highest BCUT2D eigenvalue weighted by molar-refractivity contribution is 6.07. The molecule has 3 aromatic rings. The van der Waals surface area contributed by atoms with Gasteiger partial charge in [-0.1, -0.05) is 42.5 Å². The molecule has 136 valence electrons. The minimum atomic E-state index is -1.09. The zero-order valence-corrected chi connectivity index (χ0v) is 14.7. The van der Waals surface area contributed by atoms with E-state index in [1.54, 1.807) is 12.1 Å². The van der Waals surface area contributed by atoms with Gasteiger partial charge in [0.05, 0.1) is 7.11 Å². The lowest BCUT2D eigenvalue weighted by Gasteiger charge is -2.10. The Morgan fingerprint density at radius 1 is 0.963 bits per heavy atom.